The Labute approximate surface area is 156 Å². The van der Waals surface area contributed by atoms with E-state index in [2.05, 4.69) is 16.0 Å². The molecular weight excluding hydrogens is 354 g/mol. The number of carbonyl (C=O) groups excluding carboxylic acids is 2. The van der Waals surface area contributed by atoms with Crippen LogP contribution in [0.4, 0.5) is 25.0 Å². The molecule has 0 heterocycles. The van der Waals surface area contributed by atoms with Gasteiger partial charge in [0.1, 0.15) is 11.6 Å². The van der Waals surface area contributed by atoms with E-state index in [1.807, 2.05) is 19.0 Å². The fraction of sp³-hybridized carbons (Fsp3) is 0.263. The Kier molecular flexibility index (Phi) is 6.84. The summed E-state index contributed by atoms with van der Waals surface area (Å²) in [5.74, 6) is -1.34. The molecule has 0 aliphatic rings. The van der Waals surface area contributed by atoms with Gasteiger partial charge in [0.15, 0.2) is 0 Å². The molecule has 27 heavy (non-hydrogen) atoms. The average Bonchev–Trinajstić information content (AvgIpc) is 2.59. The SMILES string of the molecule is CC(=O)Nc1cc(NC(=O)NCC(c2ccc(F)cc2)N(C)C)ccc1F. The number of rotatable bonds is 6. The fourth-order valence-corrected chi connectivity index (χ4v) is 2.54. The first-order valence-corrected chi connectivity index (χ1v) is 8.30. The van der Waals surface area contributed by atoms with Crippen LogP contribution in [-0.2, 0) is 4.79 Å². The van der Waals surface area contributed by atoms with Crippen LogP contribution in [0.25, 0.3) is 0 Å². The summed E-state index contributed by atoms with van der Waals surface area (Å²) in [7, 11) is 3.71. The number of halogens is 2. The van der Waals surface area contributed by atoms with Crippen LogP contribution in [0.1, 0.15) is 18.5 Å². The molecule has 1 unspecified atom stereocenters. The molecule has 0 bridgehead atoms. The van der Waals surface area contributed by atoms with Crippen LogP contribution >= 0.6 is 0 Å². The Hall–Kier alpha value is -3.00. The number of urea groups is 1. The van der Waals surface area contributed by atoms with E-state index in [-0.39, 0.29) is 24.1 Å². The third kappa shape index (κ3) is 6.03. The van der Waals surface area contributed by atoms with Crippen LogP contribution in [0.2, 0.25) is 0 Å². The number of hydrogen-bond donors (Lipinski definition) is 3. The van der Waals surface area contributed by atoms with Gasteiger partial charge < -0.3 is 20.9 Å². The van der Waals surface area contributed by atoms with E-state index in [1.54, 1.807) is 12.1 Å². The van der Waals surface area contributed by atoms with Crippen LogP contribution in [0, 0.1) is 11.6 Å². The van der Waals surface area contributed by atoms with Gasteiger partial charge >= 0.3 is 6.03 Å². The van der Waals surface area contributed by atoms with Crippen LogP contribution in [0.5, 0.6) is 0 Å². The number of benzene rings is 2. The standard InChI is InChI=1S/C19H22F2N4O2/c1-12(26)23-17-10-15(8-9-16(17)21)24-19(27)22-11-18(25(2)3)13-4-6-14(20)7-5-13/h4-10,18H,11H2,1-3H3,(H,23,26)(H2,22,24,27). The number of anilines is 2. The van der Waals surface area contributed by atoms with Crippen molar-refractivity contribution in [2.75, 3.05) is 31.3 Å². The first-order chi connectivity index (χ1) is 12.8. The van der Waals surface area contributed by atoms with E-state index in [0.29, 0.717) is 5.69 Å². The van der Waals surface area contributed by atoms with E-state index in [9.17, 15) is 18.4 Å². The molecule has 2 aromatic carbocycles. The van der Waals surface area contributed by atoms with E-state index in [0.717, 1.165) is 11.6 Å². The molecular formula is C19H22F2N4O2. The van der Waals surface area contributed by atoms with Crippen molar-refractivity contribution in [2.24, 2.45) is 0 Å². The smallest absolute Gasteiger partial charge is 0.319 e. The van der Waals surface area contributed by atoms with Crippen LogP contribution in [-0.4, -0.2) is 37.5 Å². The molecule has 2 rings (SSSR count). The quantitative estimate of drug-likeness (QED) is 0.724. The number of hydrogen-bond acceptors (Lipinski definition) is 3. The van der Waals surface area contributed by atoms with Crippen LogP contribution in [0.15, 0.2) is 42.5 Å². The summed E-state index contributed by atoms with van der Waals surface area (Å²) < 4.78 is 26.8. The zero-order valence-corrected chi connectivity index (χ0v) is 15.3. The molecule has 2 aromatic rings. The van der Waals surface area contributed by atoms with E-state index < -0.39 is 17.8 Å². The lowest BCUT2D eigenvalue weighted by Gasteiger charge is -2.25. The van der Waals surface area contributed by atoms with E-state index >= 15 is 0 Å². The predicted octanol–water partition coefficient (Wildman–Crippen LogP) is 3.35. The molecule has 0 saturated heterocycles. The third-order valence-corrected chi connectivity index (χ3v) is 3.87. The minimum absolute atomic E-state index is 0.0159. The zero-order chi connectivity index (χ0) is 20.0. The highest BCUT2D eigenvalue weighted by atomic mass is 19.1. The summed E-state index contributed by atoms with van der Waals surface area (Å²) in [6.07, 6.45) is 0. The number of nitrogens with zero attached hydrogens (tertiary/aromatic N) is 1. The van der Waals surface area contributed by atoms with Crippen molar-refractivity contribution in [3.63, 3.8) is 0 Å². The highest BCUT2D eigenvalue weighted by Gasteiger charge is 2.16. The Balaban J connectivity index is 2.00. The second-order valence-electron chi connectivity index (χ2n) is 6.24. The van der Waals surface area contributed by atoms with Crippen molar-refractivity contribution in [3.8, 4) is 0 Å². The lowest BCUT2D eigenvalue weighted by atomic mass is 10.1. The van der Waals surface area contributed by atoms with E-state index in [4.69, 9.17) is 0 Å². The maximum absolute atomic E-state index is 13.7. The molecule has 0 spiro atoms. The van der Waals surface area contributed by atoms with Crippen LogP contribution in [0.3, 0.4) is 0 Å². The molecule has 3 N–H and O–H groups in total. The first-order valence-electron chi connectivity index (χ1n) is 8.30. The van der Waals surface area contributed by atoms with Crippen molar-refractivity contribution in [1.29, 1.82) is 0 Å². The van der Waals surface area contributed by atoms with Gasteiger partial charge in [0.2, 0.25) is 5.91 Å². The molecule has 1 atom stereocenters. The minimum Gasteiger partial charge on any atom is -0.336 e. The Morgan fingerprint density at radius 3 is 2.30 bits per heavy atom. The van der Waals surface area contributed by atoms with Crippen molar-refractivity contribution < 1.29 is 18.4 Å². The maximum atomic E-state index is 13.7. The summed E-state index contributed by atoms with van der Waals surface area (Å²) in [6.45, 7) is 1.55. The number of likely N-dealkylation sites (N-methyl/N-ethyl adjacent to an activating group) is 1. The minimum atomic E-state index is -0.597. The van der Waals surface area contributed by atoms with Gasteiger partial charge in [0, 0.05) is 19.2 Å². The predicted molar refractivity (Wildman–Crippen MR) is 101 cm³/mol. The number of nitrogens with one attached hydrogen (secondary N) is 3. The van der Waals surface area contributed by atoms with Gasteiger partial charge in [0.05, 0.1) is 11.7 Å². The summed E-state index contributed by atoms with van der Waals surface area (Å²) >= 11 is 0. The van der Waals surface area contributed by atoms with Crippen molar-refractivity contribution >= 4 is 23.3 Å². The molecule has 8 heteroatoms. The van der Waals surface area contributed by atoms with Crippen molar-refractivity contribution in [3.05, 3.63) is 59.7 Å². The van der Waals surface area contributed by atoms with Gasteiger partial charge in [-0.25, -0.2) is 13.6 Å². The van der Waals surface area contributed by atoms with Crippen molar-refractivity contribution in [1.82, 2.24) is 10.2 Å². The molecule has 6 nitrogen and oxygen atoms in total. The van der Waals surface area contributed by atoms with Gasteiger partial charge in [0.25, 0.3) is 0 Å². The molecule has 3 amide bonds. The topological polar surface area (TPSA) is 73.5 Å². The van der Waals surface area contributed by atoms with Gasteiger partial charge in [-0.15, -0.1) is 0 Å². The summed E-state index contributed by atoms with van der Waals surface area (Å²) in [5.41, 5.74) is 1.18. The molecule has 0 aliphatic heterocycles. The Morgan fingerprint density at radius 1 is 1.04 bits per heavy atom. The second kappa shape index (κ2) is 9.09. The van der Waals surface area contributed by atoms with Crippen LogP contribution < -0.4 is 16.0 Å². The van der Waals surface area contributed by atoms with Gasteiger partial charge in [-0.2, -0.15) is 0 Å². The van der Waals surface area contributed by atoms with Gasteiger partial charge in [-0.05, 0) is 50.0 Å². The summed E-state index contributed by atoms with van der Waals surface area (Å²) in [6, 6.07) is 9.31. The largest absolute Gasteiger partial charge is 0.336 e. The zero-order valence-electron chi connectivity index (χ0n) is 15.3. The monoisotopic (exact) mass is 376 g/mol. The Morgan fingerprint density at radius 2 is 1.70 bits per heavy atom. The van der Waals surface area contributed by atoms with Gasteiger partial charge in [-0.3, -0.25) is 4.79 Å². The van der Waals surface area contributed by atoms with Crippen molar-refractivity contribution in [2.45, 2.75) is 13.0 Å². The normalized spacial score (nSPS) is 11.8. The summed E-state index contributed by atoms with van der Waals surface area (Å²) in [4.78, 5) is 25.2. The fourth-order valence-electron chi connectivity index (χ4n) is 2.54. The summed E-state index contributed by atoms with van der Waals surface area (Å²) in [5, 5.41) is 7.68. The lowest BCUT2D eigenvalue weighted by molar-refractivity contribution is -0.114. The Bertz CT molecular complexity index is 810. The molecule has 144 valence electrons. The highest BCUT2D eigenvalue weighted by Crippen LogP contribution is 2.20. The second-order valence-corrected chi connectivity index (χ2v) is 6.24. The van der Waals surface area contributed by atoms with Gasteiger partial charge in [-0.1, -0.05) is 12.1 Å². The third-order valence-electron chi connectivity index (χ3n) is 3.87. The molecule has 0 fully saturated rings. The highest BCUT2D eigenvalue weighted by molar-refractivity contribution is 5.92. The molecule has 0 aliphatic carbocycles. The lowest BCUT2D eigenvalue weighted by Crippen LogP contribution is -2.36. The first kappa shape index (κ1) is 20.3. The number of amides is 3. The average molecular weight is 376 g/mol. The molecule has 0 radical (unpaired) electrons. The number of carbonyl (C=O) groups is 2. The molecule has 0 aromatic heterocycles. The molecule has 0 saturated carbocycles. The van der Waals surface area contributed by atoms with E-state index in [1.165, 1.54) is 31.2 Å². The maximum Gasteiger partial charge on any atom is 0.319 e.